The lowest BCUT2D eigenvalue weighted by atomic mass is 9.99. The van der Waals surface area contributed by atoms with Crippen LogP contribution in [-0.2, 0) is 22.6 Å². The van der Waals surface area contributed by atoms with Crippen LogP contribution in [0.2, 0.25) is 0 Å². The molecule has 0 unspecified atom stereocenters. The molecular weight excluding hydrogens is 518 g/mol. The third-order valence-corrected chi connectivity index (χ3v) is 7.15. The lowest BCUT2D eigenvalue weighted by molar-refractivity contribution is -0.128. The molecule has 0 aliphatic carbocycles. The molecule has 41 heavy (non-hydrogen) atoms. The molecule has 1 aliphatic rings. The number of β-amino-alcohol motifs (C(OH)–C–C–N with tert-alkyl or cyclic N) is 1. The second-order valence-corrected chi connectivity index (χ2v) is 11.2. The summed E-state index contributed by atoms with van der Waals surface area (Å²) in [5.74, 6) is -0.372. The minimum atomic E-state index is -0.659. The van der Waals surface area contributed by atoms with E-state index in [9.17, 15) is 19.5 Å². The number of primary amides is 1. The monoisotopic (exact) mass is 557 g/mol. The van der Waals surface area contributed by atoms with Crippen molar-refractivity contribution in [2.45, 2.75) is 64.3 Å². The number of urea groups is 1. The number of benzene rings is 3. The summed E-state index contributed by atoms with van der Waals surface area (Å²) in [6, 6.07) is 21.8. The summed E-state index contributed by atoms with van der Waals surface area (Å²) in [5, 5.41) is 18.4. The Hall–Kier alpha value is -4.21. The molecule has 0 aromatic heterocycles. The van der Waals surface area contributed by atoms with E-state index in [0.717, 1.165) is 27.9 Å². The molecule has 3 aromatic rings. The van der Waals surface area contributed by atoms with E-state index in [1.807, 2.05) is 80.6 Å². The van der Waals surface area contributed by atoms with Gasteiger partial charge in [0.05, 0.1) is 18.3 Å². The highest BCUT2D eigenvalue weighted by molar-refractivity contribution is 6.00. The number of anilines is 2. The van der Waals surface area contributed by atoms with Gasteiger partial charge in [0.25, 0.3) is 0 Å². The zero-order valence-corrected chi connectivity index (χ0v) is 23.8. The number of nitrogens with two attached hydrogens (primary N) is 1. The third-order valence-electron chi connectivity index (χ3n) is 7.15. The van der Waals surface area contributed by atoms with Gasteiger partial charge in [-0.1, -0.05) is 60.7 Å². The number of aryl methyl sites for hydroxylation is 1. The summed E-state index contributed by atoms with van der Waals surface area (Å²) >= 11 is 0. The molecule has 0 saturated carbocycles. The van der Waals surface area contributed by atoms with E-state index < -0.39 is 23.7 Å². The summed E-state index contributed by atoms with van der Waals surface area (Å²) in [6.45, 7) is 6.20. The fourth-order valence-electron chi connectivity index (χ4n) is 5.09. The van der Waals surface area contributed by atoms with Crippen molar-refractivity contribution in [2.75, 3.05) is 16.8 Å². The van der Waals surface area contributed by atoms with E-state index in [0.29, 0.717) is 31.6 Å². The number of carbonyl (C=O) groups is 3. The summed E-state index contributed by atoms with van der Waals surface area (Å²) < 4.78 is 0. The zero-order valence-electron chi connectivity index (χ0n) is 23.8. The van der Waals surface area contributed by atoms with E-state index in [4.69, 9.17) is 5.73 Å². The Morgan fingerprint density at radius 3 is 2.44 bits per heavy atom. The summed E-state index contributed by atoms with van der Waals surface area (Å²) in [6.07, 6.45) is 0.811. The second kappa shape index (κ2) is 13.0. The zero-order chi connectivity index (χ0) is 29.6. The van der Waals surface area contributed by atoms with Gasteiger partial charge < -0.3 is 31.7 Å². The molecular formula is C32H39N5O4. The summed E-state index contributed by atoms with van der Waals surface area (Å²) in [5.41, 5.74) is 9.97. The molecule has 6 N–H and O–H groups in total. The molecule has 4 rings (SSSR count). The first-order valence-corrected chi connectivity index (χ1v) is 13.9. The number of hydrogen-bond acceptors (Lipinski definition) is 5. The van der Waals surface area contributed by atoms with Gasteiger partial charge in [-0.3, -0.25) is 9.59 Å². The van der Waals surface area contributed by atoms with Crippen LogP contribution in [0.25, 0.3) is 11.1 Å². The first-order valence-electron chi connectivity index (χ1n) is 13.9. The van der Waals surface area contributed by atoms with Crippen LogP contribution in [0.5, 0.6) is 0 Å². The van der Waals surface area contributed by atoms with Gasteiger partial charge >= 0.3 is 6.03 Å². The molecule has 0 saturated heterocycles. The number of aliphatic hydroxyl groups is 1. The van der Waals surface area contributed by atoms with Crippen LogP contribution in [0.3, 0.4) is 0 Å². The van der Waals surface area contributed by atoms with Crippen molar-refractivity contribution in [3.05, 3.63) is 83.9 Å². The van der Waals surface area contributed by atoms with Crippen molar-refractivity contribution in [1.82, 2.24) is 10.6 Å². The highest BCUT2D eigenvalue weighted by Gasteiger charge is 2.32. The molecule has 1 aliphatic heterocycles. The number of carbonyl (C=O) groups excluding carboxylic acids is 3. The Kier molecular flexibility index (Phi) is 9.42. The van der Waals surface area contributed by atoms with E-state index in [1.54, 1.807) is 17.9 Å². The predicted molar refractivity (Wildman–Crippen MR) is 161 cm³/mol. The molecule has 0 fully saturated rings. The van der Waals surface area contributed by atoms with E-state index in [1.165, 1.54) is 0 Å². The van der Waals surface area contributed by atoms with Crippen LogP contribution in [-0.4, -0.2) is 47.2 Å². The number of para-hydroxylation sites is 2. The van der Waals surface area contributed by atoms with Crippen LogP contribution in [0, 0.1) is 0 Å². The summed E-state index contributed by atoms with van der Waals surface area (Å²) in [7, 11) is 0. The highest BCUT2D eigenvalue weighted by Crippen LogP contribution is 2.31. The van der Waals surface area contributed by atoms with Gasteiger partial charge in [-0.05, 0) is 62.4 Å². The summed E-state index contributed by atoms with van der Waals surface area (Å²) in [4.78, 5) is 40.1. The number of amides is 4. The Labute approximate surface area is 241 Å². The largest absolute Gasteiger partial charge is 0.392 e. The average molecular weight is 558 g/mol. The average Bonchev–Trinajstić information content (AvgIpc) is 3.05. The Morgan fingerprint density at radius 2 is 1.73 bits per heavy atom. The van der Waals surface area contributed by atoms with E-state index >= 15 is 0 Å². The lowest BCUT2D eigenvalue weighted by Crippen LogP contribution is -2.51. The minimum absolute atomic E-state index is 0.155. The van der Waals surface area contributed by atoms with Crippen LogP contribution < -0.4 is 26.6 Å². The number of nitrogens with one attached hydrogen (secondary N) is 3. The van der Waals surface area contributed by atoms with Crippen LogP contribution in [0.1, 0.15) is 44.7 Å². The SMILES string of the molecule is C[C@H](O)CNC(C)(C)CC(=O)N[C@@H]1CCc2ccccc2N(Cc2ccc(-c3ccccc3NC(N)=O)cc2)C1=O. The Morgan fingerprint density at radius 1 is 1.05 bits per heavy atom. The van der Waals surface area contributed by atoms with E-state index in [-0.39, 0.29) is 18.2 Å². The van der Waals surface area contributed by atoms with Crippen LogP contribution >= 0.6 is 0 Å². The molecule has 0 spiro atoms. The Balaban J connectivity index is 1.53. The molecule has 9 nitrogen and oxygen atoms in total. The molecule has 216 valence electrons. The fraction of sp³-hybridized carbons (Fsp3) is 0.344. The molecule has 9 heteroatoms. The maximum atomic E-state index is 13.9. The molecule has 1 heterocycles. The molecule has 3 aromatic carbocycles. The molecule has 2 atom stereocenters. The third kappa shape index (κ3) is 7.93. The number of hydrogen-bond donors (Lipinski definition) is 5. The van der Waals surface area contributed by atoms with Gasteiger partial charge in [-0.25, -0.2) is 4.79 Å². The first kappa shape index (κ1) is 29.8. The molecule has 4 amide bonds. The predicted octanol–water partition coefficient (Wildman–Crippen LogP) is 3.95. The van der Waals surface area contributed by atoms with Gasteiger partial charge in [0.2, 0.25) is 11.8 Å². The number of nitrogens with zero attached hydrogens (tertiary/aromatic N) is 1. The topological polar surface area (TPSA) is 137 Å². The maximum Gasteiger partial charge on any atom is 0.316 e. The lowest BCUT2D eigenvalue weighted by Gasteiger charge is -2.29. The van der Waals surface area contributed by atoms with Crippen LogP contribution in [0.4, 0.5) is 16.2 Å². The van der Waals surface area contributed by atoms with Crippen molar-refractivity contribution in [1.29, 1.82) is 0 Å². The van der Waals surface area contributed by atoms with Gasteiger partial charge in [-0.2, -0.15) is 0 Å². The number of aliphatic hydroxyl groups excluding tert-OH is 1. The normalized spacial score (nSPS) is 16.0. The second-order valence-electron chi connectivity index (χ2n) is 11.2. The minimum Gasteiger partial charge on any atom is -0.392 e. The van der Waals surface area contributed by atoms with Crippen LogP contribution in [0.15, 0.2) is 72.8 Å². The van der Waals surface area contributed by atoms with Gasteiger partial charge in [0.15, 0.2) is 0 Å². The maximum absolute atomic E-state index is 13.9. The smallest absolute Gasteiger partial charge is 0.316 e. The van der Waals surface area contributed by atoms with Gasteiger partial charge in [-0.15, -0.1) is 0 Å². The number of rotatable bonds is 10. The van der Waals surface area contributed by atoms with E-state index in [2.05, 4.69) is 16.0 Å². The quantitative estimate of drug-likeness (QED) is 0.257. The van der Waals surface area contributed by atoms with Crippen molar-refractivity contribution < 1.29 is 19.5 Å². The highest BCUT2D eigenvalue weighted by atomic mass is 16.3. The number of fused-ring (bicyclic) bond motifs is 1. The van der Waals surface area contributed by atoms with Gasteiger partial charge in [0, 0.05) is 29.8 Å². The Bertz CT molecular complexity index is 1390. The van der Waals surface area contributed by atoms with Crippen molar-refractivity contribution >= 4 is 29.2 Å². The van der Waals surface area contributed by atoms with Crippen molar-refractivity contribution in [3.63, 3.8) is 0 Å². The van der Waals surface area contributed by atoms with Crippen molar-refractivity contribution in [3.8, 4) is 11.1 Å². The molecule has 0 radical (unpaired) electrons. The standard InChI is InChI=1S/C32H39N5O4/c1-21(38)19-34-32(2,3)18-29(39)35-27-17-16-24-8-4-7-11-28(24)37(30(27)40)20-22-12-14-23(15-13-22)25-9-5-6-10-26(25)36-31(33)41/h4-15,21,27,34,38H,16-20H2,1-3H3,(H,35,39)(H3,33,36,41)/t21-,27+/m0/s1. The fourth-order valence-corrected chi connectivity index (χ4v) is 5.09. The molecule has 0 bridgehead atoms. The van der Waals surface area contributed by atoms with Crippen molar-refractivity contribution in [2.24, 2.45) is 5.73 Å². The van der Waals surface area contributed by atoms with Gasteiger partial charge in [0.1, 0.15) is 6.04 Å². The first-order chi connectivity index (χ1) is 19.5.